The van der Waals surface area contributed by atoms with E-state index in [2.05, 4.69) is 0 Å². The lowest BCUT2D eigenvalue weighted by Crippen LogP contribution is -2.05. The minimum Gasteiger partial charge on any atom is -0.490 e. The lowest BCUT2D eigenvalue weighted by molar-refractivity contribution is -0.441. The van der Waals surface area contributed by atoms with Gasteiger partial charge in [0.25, 0.3) is 0 Å². The van der Waals surface area contributed by atoms with Crippen molar-refractivity contribution >= 4 is 17.1 Å². The minimum absolute atomic E-state index is 0.0708. The molecule has 0 N–H and O–H groups in total. The Hall–Kier alpha value is -2.78. The summed E-state index contributed by atoms with van der Waals surface area (Å²) in [6.45, 7) is 1.32. The molecule has 0 saturated heterocycles. The topological polar surface area (TPSA) is 139 Å². The minimum atomic E-state index is -1.19. The molecule has 10 heteroatoms. The van der Waals surface area contributed by atoms with Crippen LogP contribution in [0.2, 0.25) is 0 Å². The molecule has 0 heterocycles. The molecule has 0 amide bonds. The first kappa shape index (κ1) is 13.3. The van der Waals surface area contributed by atoms with Crippen molar-refractivity contribution in [1.82, 2.24) is 0 Å². The van der Waals surface area contributed by atoms with E-state index in [9.17, 15) is 30.3 Å². The van der Waals surface area contributed by atoms with Gasteiger partial charge >= 0.3 is 17.1 Å². The van der Waals surface area contributed by atoms with E-state index in [0.717, 1.165) is 13.2 Å². The number of methoxy groups -OCH3 is 1. The number of ether oxygens (including phenoxy) is 1. The van der Waals surface area contributed by atoms with Crippen molar-refractivity contribution in [2.75, 3.05) is 7.11 Å². The summed E-state index contributed by atoms with van der Waals surface area (Å²) in [5, 5.41) is 32.3. The molecule has 0 aliphatic carbocycles. The summed E-state index contributed by atoms with van der Waals surface area (Å²) in [5.74, 6) is -0.364. The number of nitro groups is 3. The van der Waals surface area contributed by atoms with Crippen molar-refractivity contribution in [3.63, 3.8) is 0 Å². The van der Waals surface area contributed by atoms with Crippen LogP contribution in [0.4, 0.5) is 17.1 Å². The number of benzene rings is 1. The van der Waals surface area contributed by atoms with E-state index in [4.69, 9.17) is 4.74 Å². The van der Waals surface area contributed by atoms with Gasteiger partial charge in [0.1, 0.15) is 0 Å². The van der Waals surface area contributed by atoms with Crippen molar-refractivity contribution in [3.8, 4) is 5.75 Å². The van der Waals surface area contributed by atoms with E-state index >= 15 is 0 Å². The summed E-state index contributed by atoms with van der Waals surface area (Å²) in [6, 6.07) is 0.865. The van der Waals surface area contributed by atoms with Gasteiger partial charge in [-0.2, -0.15) is 0 Å². The molecule has 0 bridgehead atoms. The van der Waals surface area contributed by atoms with Crippen molar-refractivity contribution in [1.29, 1.82) is 0 Å². The summed E-state index contributed by atoms with van der Waals surface area (Å²) in [6.07, 6.45) is 0. The predicted molar refractivity (Wildman–Crippen MR) is 57.7 cm³/mol. The molecule has 1 rings (SSSR count). The third kappa shape index (κ3) is 2.03. The Morgan fingerprint density at radius 3 is 1.83 bits per heavy atom. The molecule has 0 spiro atoms. The van der Waals surface area contributed by atoms with E-state index in [-0.39, 0.29) is 11.3 Å². The van der Waals surface area contributed by atoms with Crippen LogP contribution in [0.1, 0.15) is 5.56 Å². The Bertz CT molecular complexity index is 554. The lowest BCUT2D eigenvalue weighted by Gasteiger charge is -2.05. The molecule has 18 heavy (non-hydrogen) atoms. The predicted octanol–water partition coefficient (Wildman–Crippen LogP) is 1.73. The van der Waals surface area contributed by atoms with Crippen LogP contribution in [0, 0.1) is 37.3 Å². The van der Waals surface area contributed by atoms with Gasteiger partial charge in [-0.15, -0.1) is 0 Å². The summed E-state index contributed by atoms with van der Waals surface area (Å²) in [5.41, 5.74) is -3.08. The molecular weight excluding hydrogens is 250 g/mol. The monoisotopic (exact) mass is 257 g/mol. The first-order valence-electron chi connectivity index (χ1n) is 4.46. The fourth-order valence-corrected chi connectivity index (χ4v) is 1.50. The smallest absolute Gasteiger partial charge is 0.426 e. The SMILES string of the molecule is COc1c(C)cc([N+](=O)[O-])c([N+](=O)[O-])c1[N+](=O)[O-]. The van der Waals surface area contributed by atoms with Crippen LogP contribution in [0.25, 0.3) is 0 Å². The van der Waals surface area contributed by atoms with E-state index in [1.165, 1.54) is 6.92 Å². The zero-order valence-electron chi connectivity index (χ0n) is 9.28. The van der Waals surface area contributed by atoms with Gasteiger partial charge in [-0.3, -0.25) is 30.3 Å². The maximum Gasteiger partial charge on any atom is 0.426 e. The number of nitro benzene ring substituents is 3. The maximum absolute atomic E-state index is 10.8. The highest BCUT2D eigenvalue weighted by molar-refractivity contribution is 5.74. The summed E-state index contributed by atoms with van der Waals surface area (Å²) >= 11 is 0. The fraction of sp³-hybridized carbons (Fsp3) is 0.250. The molecule has 0 aliphatic heterocycles. The lowest BCUT2D eigenvalue weighted by atomic mass is 10.1. The molecule has 0 unspecified atom stereocenters. The van der Waals surface area contributed by atoms with Gasteiger partial charge in [-0.1, -0.05) is 0 Å². The summed E-state index contributed by atoms with van der Waals surface area (Å²) < 4.78 is 4.69. The van der Waals surface area contributed by atoms with Crippen molar-refractivity contribution in [2.45, 2.75) is 6.92 Å². The average Bonchev–Trinajstić information content (AvgIpc) is 2.26. The van der Waals surface area contributed by atoms with Crippen LogP contribution in [-0.2, 0) is 0 Å². The highest BCUT2D eigenvalue weighted by Gasteiger charge is 2.40. The highest BCUT2D eigenvalue weighted by atomic mass is 16.6. The van der Waals surface area contributed by atoms with E-state index in [1.54, 1.807) is 0 Å². The molecule has 0 saturated carbocycles. The third-order valence-corrected chi connectivity index (χ3v) is 2.16. The third-order valence-electron chi connectivity index (χ3n) is 2.16. The van der Waals surface area contributed by atoms with Crippen LogP contribution < -0.4 is 4.74 Å². The second-order valence-corrected chi connectivity index (χ2v) is 3.21. The first-order chi connectivity index (χ1) is 8.31. The Labute approximate surface area is 99.2 Å². The zero-order chi connectivity index (χ0) is 14.0. The highest BCUT2D eigenvalue weighted by Crippen LogP contribution is 2.45. The Morgan fingerprint density at radius 2 is 1.50 bits per heavy atom. The van der Waals surface area contributed by atoms with Gasteiger partial charge in [-0.25, -0.2) is 0 Å². The van der Waals surface area contributed by atoms with Gasteiger partial charge in [0, 0.05) is 11.6 Å². The van der Waals surface area contributed by atoms with E-state index in [1.807, 2.05) is 0 Å². The van der Waals surface area contributed by atoms with Crippen LogP contribution in [-0.4, -0.2) is 21.9 Å². The van der Waals surface area contributed by atoms with Crippen LogP contribution >= 0.6 is 0 Å². The van der Waals surface area contributed by atoms with Gasteiger partial charge < -0.3 is 4.74 Å². The van der Waals surface area contributed by atoms with Crippen molar-refractivity contribution < 1.29 is 19.5 Å². The van der Waals surface area contributed by atoms with Gasteiger partial charge in [0.05, 0.1) is 21.9 Å². The zero-order valence-corrected chi connectivity index (χ0v) is 9.28. The number of hydrogen-bond donors (Lipinski definition) is 0. The molecule has 1 aromatic rings. The first-order valence-corrected chi connectivity index (χ1v) is 4.46. The number of rotatable bonds is 4. The van der Waals surface area contributed by atoms with E-state index < -0.39 is 31.8 Å². The Balaban J connectivity index is 3.86. The molecule has 0 aromatic heterocycles. The standard InChI is InChI=1S/C8H7N3O7/c1-4-3-5(9(12)13)6(10(14)15)7(11(16)17)8(4)18-2/h3H,1-2H3. The Morgan fingerprint density at radius 1 is 1.00 bits per heavy atom. The molecule has 1 aromatic carbocycles. The average molecular weight is 257 g/mol. The fourth-order valence-electron chi connectivity index (χ4n) is 1.50. The summed E-state index contributed by atoms with van der Waals surface area (Å²) in [7, 11) is 1.09. The van der Waals surface area contributed by atoms with Crippen molar-refractivity contribution in [3.05, 3.63) is 42.0 Å². The molecule has 0 atom stereocenters. The molecule has 0 radical (unpaired) electrons. The Kier molecular flexibility index (Phi) is 3.40. The van der Waals surface area contributed by atoms with Gasteiger partial charge in [0.15, 0.2) is 0 Å². The molecule has 96 valence electrons. The van der Waals surface area contributed by atoms with Crippen LogP contribution in [0.5, 0.6) is 5.75 Å². The van der Waals surface area contributed by atoms with E-state index in [0.29, 0.717) is 0 Å². The normalized spacial score (nSPS) is 9.89. The maximum atomic E-state index is 10.8. The van der Waals surface area contributed by atoms with Gasteiger partial charge in [0.2, 0.25) is 5.75 Å². The van der Waals surface area contributed by atoms with Crippen LogP contribution in [0.15, 0.2) is 6.07 Å². The van der Waals surface area contributed by atoms with Crippen molar-refractivity contribution in [2.24, 2.45) is 0 Å². The number of hydrogen-bond acceptors (Lipinski definition) is 7. The molecule has 0 aliphatic rings. The second kappa shape index (κ2) is 4.61. The summed E-state index contributed by atoms with van der Waals surface area (Å²) in [4.78, 5) is 29.0. The molecular formula is C8H7N3O7. The van der Waals surface area contributed by atoms with Crippen LogP contribution in [0.3, 0.4) is 0 Å². The van der Waals surface area contributed by atoms with Gasteiger partial charge in [-0.05, 0) is 6.92 Å². The largest absolute Gasteiger partial charge is 0.490 e. The second-order valence-electron chi connectivity index (χ2n) is 3.21. The molecule has 0 fully saturated rings. The number of nitrogens with zero attached hydrogens (tertiary/aromatic N) is 3. The quantitative estimate of drug-likeness (QED) is 0.590. The number of aryl methyl sites for hydroxylation is 1. The molecule has 10 nitrogen and oxygen atoms in total.